The van der Waals surface area contributed by atoms with E-state index in [1.807, 2.05) is 32.9 Å². The van der Waals surface area contributed by atoms with Gasteiger partial charge in [0.15, 0.2) is 0 Å². The molecule has 0 aliphatic heterocycles. The van der Waals surface area contributed by atoms with Crippen LogP contribution in [0.2, 0.25) is 0 Å². The van der Waals surface area contributed by atoms with Crippen molar-refractivity contribution in [2.45, 2.75) is 32.9 Å². The first-order chi connectivity index (χ1) is 7.81. The van der Waals surface area contributed by atoms with Crippen LogP contribution in [0.4, 0.5) is 10.5 Å². The van der Waals surface area contributed by atoms with Gasteiger partial charge >= 0.3 is 6.09 Å². The Labute approximate surface area is 110 Å². The Balaban J connectivity index is 2.72. The fraction of sp³-hybridized carbons (Fsp3) is 0.417. The second-order valence-electron chi connectivity index (χ2n) is 4.65. The Morgan fingerprint density at radius 3 is 2.59 bits per heavy atom. The molecule has 3 N–H and O–H groups in total. The molecule has 0 unspecified atom stereocenters. The van der Waals surface area contributed by atoms with E-state index >= 15 is 0 Å². The number of carbonyl (C=O) groups excluding carboxylic acids is 1. The number of hydrogen-bond donors (Lipinski definition) is 2. The topological polar surface area (TPSA) is 64.3 Å². The smallest absolute Gasteiger partial charge is 0.412 e. The summed E-state index contributed by atoms with van der Waals surface area (Å²) in [6, 6.07) is 5.51. The van der Waals surface area contributed by atoms with Crippen molar-refractivity contribution in [3.05, 3.63) is 28.2 Å². The van der Waals surface area contributed by atoms with E-state index < -0.39 is 11.7 Å². The van der Waals surface area contributed by atoms with E-state index in [2.05, 4.69) is 21.2 Å². The number of halogens is 1. The highest BCUT2D eigenvalue weighted by atomic mass is 79.9. The summed E-state index contributed by atoms with van der Waals surface area (Å²) in [5, 5.41) is 2.67. The average molecular weight is 301 g/mol. The van der Waals surface area contributed by atoms with Gasteiger partial charge in [0.25, 0.3) is 0 Å². The lowest BCUT2D eigenvalue weighted by Crippen LogP contribution is -2.27. The third-order valence-electron chi connectivity index (χ3n) is 1.90. The fourth-order valence-electron chi connectivity index (χ4n) is 1.20. The predicted molar refractivity (Wildman–Crippen MR) is 71.9 cm³/mol. The minimum atomic E-state index is -0.506. The van der Waals surface area contributed by atoms with Crippen molar-refractivity contribution in [3.8, 4) is 0 Å². The average Bonchev–Trinajstić information content (AvgIpc) is 2.18. The summed E-state index contributed by atoms with van der Waals surface area (Å²) < 4.78 is 5.94. The zero-order valence-electron chi connectivity index (χ0n) is 10.2. The molecule has 1 amide bonds. The van der Waals surface area contributed by atoms with Crippen LogP contribution >= 0.6 is 15.9 Å². The largest absolute Gasteiger partial charge is 0.444 e. The SMILES string of the molecule is CC(C)(C)OC(=O)Nc1ccc(CN)cc1Br. The first-order valence-electron chi connectivity index (χ1n) is 5.30. The third kappa shape index (κ3) is 4.75. The van der Waals surface area contributed by atoms with E-state index in [1.165, 1.54) is 0 Å². The maximum absolute atomic E-state index is 11.6. The van der Waals surface area contributed by atoms with Crippen LogP contribution < -0.4 is 11.1 Å². The molecule has 0 saturated heterocycles. The zero-order valence-corrected chi connectivity index (χ0v) is 11.8. The van der Waals surface area contributed by atoms with E-state index in [0.29, 0.717) is 12.2 Å². The van der Waals surface area contributed by atoms with Crippen molar-refractivity contribution in [1.29, 1.82) is 0 Å². The molecule has 0 atom stereocenters. The molecule has 0 aliphatic rings. The summed E-state index contributed by atoms with van der Waals surface area (Å²) in [6.07, 6.45) is -0.473. The fourth-order valence-corrected chi connectivity index (χ4v) is 1.73. The number of carbonyl (C=O) groups is 1. The van der Waals surface area contributed by atoms with Crippen LogP contribution in [0.15, 0.2) is 22.7 Å². The molecule has 94 valence electrons. The molecule has 17 heavy (non-hydrogen) atoms. The van der Waals surface area contributed by atoms with Crippen LogP contribution in [-0.2, 0) is 11.3 Å². The molecule has 1 aromatic rings. The summed E-state index contributed by atoms with van der Waals surface area (Å²) in [5.41, 5.74) is 6.67. The number of amides is 1. The van der Waals surface area contributed by atoms with Gasteiger partial charge < -0.3 is 10.5 Å². The first kappa shape index (κ1) is 14.0. The molecular weight excluding hydrogens is 284 g/mol. The van der Waals surface area contributed by atoms with Crippen LogP contribution in [-0.4, -0.2) is 11.7 Å². The van der Waals surface area contributed by atoms with Gasteiger partial charge in [-0.3, -0.25) is 5.32 Å². The molecule has 4 nitrogen and oxygen atoms in total. The molecule has 0 fully saturated rings. The number of nitrogens with two attached hydrogens (primary N) is 1. The van der Waals surface area contributed by atoms with E-state index in [0.717, 1.165) is 10.0 Å². The number of anilines is 1. The Morgan fingerprint density at radius 1 is 1.47 bits per heavy atom. The minimum Gasteiger partial charge on any atom is -0.444 e. The molecule has 0 saturated carbocycles. The Bertz CT molecular complexity index is 413. The van der Waals surface area contributed by atoms with Crippen LogP contribution in [0, 0.1) is 0 Å². The summed E-state index contributed by atoms with van der Waals surface area (Å²) in [6.45, 7) is 5.92. The maximum atomic E-state index is 11.6. The van der Waals surface area contributed by atoms with Crippen molar-refractivity contribution >= 4 is 27.7 Å². The number of benzene rings is 1. The monoisotopic (exact) mass is 300 g/mol. The molecule has 0 aromatic heterocycles. The second kappa shape index (κ2) is 5.51. The van der Waals surface area contributed by atoms with Gasteiger partial charge in [0.05, 0.1) is 5.69 Å². The number of ether oxygens (including phenoxy) is 1. The molecule has 0 aliphatic carbocycles. The highest BCUT2D eigenvalue weighted by molar-refractivity contribution is 9.10. The van der Waals surface area contributed by atoms with Crippen molar-refractivity contribution in [1.82, 2.24) is 0 Å². The van der Waals surface area contributed by atoms with Crippen LogP contribution in [0.3, 0.4) is 0 Å². The van der Waals surface area contributed by atoms with Crippen molar-refractivity contribution in [3.63, 3.8) is 0 Å². The van der Waals surface area contributed by atoms with Crippen LogP contribution in [0.5, 0.6) is 0 Å². The lowest BCUT2D eigenvalue weighted by atomic mass is 10.2. The molecular formula is C12H17BrN2O2. The Hall–Kier alpha value is -1.07. The minimum absolute atomic E-state index is 0.464. The highest BCUT2D eigenvalue weighted by Crippen LogP contribution is 2.24. The highest BCUT2D eigenvalue weighted by Gasteiger charge is 2.16. The summed E-state index contributed by atoms with van der Waals surface area (Å²) >= 11 is 3.37. The number of rotatable bonds is 2. The molecule has 1 rings (SSSR count). The zero-order chi connectivity index (χ0) is 13.1. The van der Waals surface area contributed by atoms with E-state index in [9.17, 15) is 4.79 Å². The number of hydrogen-bond acceptors (Lipinski definition) is 3. The summed E-state index contributed by atoms with van der Waals surface area (Å²) in [4.78, 5) is 11.6. The molecule has 0 spiro atoms. The van der Waals surface area contributed by atoms with E-state index in [4.69, 9.17) is 10.5 Å². The van der Waals surface area contributed by atoms with Crippen LogP contribution in [0.25, 0.3) is 0 Å². The second-order valence-corrected chi connectivity index (χ2v) is 5.50. The van der Waals surface area contributed by atoms with Crippen LogP contribution in [0.1, 0.15) is 26.3 Å². The van der Waals surface area contributed by atoms with Gasteiger partial charge in [-0.05, 0) is 54.4 Å². The predicted octanol–water partition coefficient (Wildman–Crippen LogP) is 3.25. The van der Waals surface area contributed by atoms with Gasteiger partial charge in [-0.25, -0.2) is 4.79 Å². The van der Waals surface area contributed by atoms with E-state index in [-0.39, 0.29) is 0 Å². The molecule has 0 bridgehead atoms. The van der Waals surface area contributed by atoms with Gasteiger partial charge in [0.1, 0.15) is 5.60 Å². The van der Waals surface area contributed by atoms with Crippen molar-refractivity contribution in [2.24, 2.45) is 5.73 Å². The molecule has 0 heterocycles. The first-order valence-corrected chi connectivity index (χ1v) is 6.09. The van der Waals surface area contributed by atoms with Crippen molar-refractivity contribution in [2.75, 3.05) is 5.32 Å². The number of nitrogens with one attached hydrogen (secondary N) is 1. The Morgan fingerprint density at radius 2 is 2.12 bits per heavy atom. The van der Waals surface area contributed by atoms with E-state index in [1.54, 1.807) is 6.07 Å². The normalized spacial score (nSPS) is 11.1. The Kier molecular flexibility index (Phi) is 4.54. The van der Waals surface area contributed by atoms with Gasteiger partial charge in [0.2, 0.25) is 0 Å². The quantitative estimate of drug-likeness (QED) is 0.881. The molecule has 1 aromatic carbocycles. The molecule has 5 heteroatoms. The third-order valence-corrected chi connectivity index (χ3v) is 2.56. The van der Waals surface area contributed by atoms with Gasteiger partial charge in [-0.1, -0.05) is 6.07 Å². The van der Waals surface area contributed by atoms with Gasteiger partial charge in [0, 0.05) is 11.0 Å². The van der Waals surface area contributed by atoms with Gasteiger partial charge in [-0.15, -0.1) is 0 Å². The standard InChI is InChI=1S/C12H17BrN2O2/c1-12(2,3)17-11(16)15-10-5-4-8(7-14)6-9(10)13/h4-6H,7,14H2,1-3H3,(H,15,16). The molecule has 0 radical (unpaired) electrons. The lowest BCUT2D eigenvalue weighted by Gasteiger charge is -2.20. The summed E-state index contributed by atoms with van der Waals surface area (Å²) in [7, 11) is 0. The lowest BCUT2D eigenvalue weighted by molar-refractivity contribution is 0.0636. The van der Waals surface area contributed by atoms with Crippen molar-refractivity contribution < 1.29 is 9.53 Å². The maximum Gasteiger partial charge on any atom is 0.412 e. The summed E-state index contributed by atoms with van der Waals surface area (Å²) in [5.74, 6) is 0. The van der Waals surface area contributed by atoms with Gasteiger partial charge in [-0.2, -0.15) is 0 Å².